The maximum Gasteiger partial charge on any atom is 0.240 e. The summed E-state index contributed by atoms with van der Waals surface area (Å²) in [6.45, 7) is 4.77. The molecule has 88 valence electrons. The van der Waals surface area contributed by atoms with E-state index in [1.807, 2.05) is 13.8 Å². The van der Waals surface area contributed by atoms with Crippen LogP contribution in [0.2, 0.25) is 0 Å². The predicted molar refractivity (Wildman–Crippen MR) is 59.3 cm³/mol. The minimum absolute atomic E-state index is 0.0419. The van der Waals surface area contributed by atoms with Gasteiger partial charge < -0.3 is 16.2 Å². The van der Waals surface area contributed by atoms with Gasteiger partial charge in [-0.25, -0.2) is 0 Å². The van der Waals surface area contributed by atoms with Crippen LogP contribution in [-0.2, 0) is 4.79 Å². The zero-order valence-corrected chi connectivity index (χ0v) is 9.68. The highest BCUT2D eigenvalue weighted by molar-refractivity contribution is 5.87. The van der Waals surface area contributed by atoms with Crippen LogP contribution in [0.1, 0.15) is 39.5 Å². The van der Waals surface area contributed by atoms with Crippen molar-refractivity contribution in [3.05, 3.63) is 0 Å². The van der Waals surface area contributed by atoms with Crippen LogP contribution in [0.25, 0.3) is 0 Å². The fourth-order valence-corrected chi connectivity index (χ4v) is 1.67. The Morgan fingerprint density at radius 1 is 1.53 bits per heavy atom. The summed E-state index contributed by atoms with van der Waals surface area (Å²) in [4.78, 5) is 11.7. The molecule has 0 radical (unpaired) electrons. The van der Waals surface area contributed by atoms with Gasteiger partial charge in [0.15, 0.2) is 0 Å². The topological polar surface area (TPSA) is 75.3 Å². The molecule has 0 saturated heterocycles. The summed E-state index contributed by atoms with van der Waals surface area (Å²) >= 11 is 0. The number of hydrogen-bond donors (Lipinski definition) is 3. The Morgan fingerprint density at radius 3 is 2.53 bits per heavy atom. The minimum Gasteiger partial charge on any atom is -0.396 e. The molecule has 1 aliphatic carbocycles. The molecule has 4 N–H and O–H groups in total. The van der Waals surface area contributed by atoms with Crippen LogP contribution < -0.4 is 11.1 Å². The van der Waals surface area contributed by atoms with Gasteiger partial charge in [-0.15, -0.1) is 0 Å². The Kier molecular flexibility index (Phi) is 3.73. The predicted octanol–water partition coefficient (Wildman–Crippen LogP) is 0.393. The summed E-state index contributed by atoms with van der Waals surface area (Å²) in [5.74, 6) is -0.0419. The third-order valence-electron chi connectivity index (χ3n) is 3.21. The van der Waals surface area contributed by atoms with E-state index in [1.165, 1.54) is 0 Å². The zero-order chi connectivity index (χ0) is 11.5. The number of carbonyl (C=O) groups excluding carboxylic acids is 1. The Balaban J connectivity index is 2.33. The second kappa shape index (κ2) is 4.49. The van der Waals surface area contributed by atoms with Crippen LogP contribution in [0.15, 0.2) is 0 Å². The highest BCUT2D eigenvalue weighted by Crippen LogP contribution is 2.29. The van der Waals surface area contributed by atoms with E-state index in [9.17, 15) is 4.79 Å². The second-order valence-corrected chi connectivity index (χ2v) is 5.33. The molecule has 0 aromatic heterocycles. The van der Waals surface area contributed by atoms with E-state index in [2.05, 4.69) is 5.32 Å². The first kappa shape index (κ1) is 12.5. The van der Waals surface area contributed by atoms with Crippen molar-refractivity contribution < 1.29 is 9.90 Å². The van der Waals surface area contributed by atoms with Gasteiger partial charge in [-0.2, -0.15) is 0 Å². The highest BCUT2D eigenvalue weighted by atomic mass is 16.3. The Hall–Kier alpha value is -0.610. The largest absolute Gasteiger partial charge is 0.396 e. The molecule has 0 aromatic rings. The summed E-state index contributed by atoms with van der Waals surface area (Å²) in [6, 6.07) is 0. The zero-order valence-electron chi connectivity index (χ0n) is 9.68. The van der Waals surface area contributed by atoms with Gasteiger partial charge in [-0.1, -0.05) is 13.8 Å². The number of carbonyl (C=O) groups is 1. The molecule has 4 heteroatoms. The third-order valence-corrected chi connectivity index (χ3v) is 3.21. The van der Waals surface area contributed by atoms with E-state index < -0.39 is 5.54 Å². The van der Waals surface area contributed by atoms with Gasteiger partial charge in [0.05, 0.1) is 5.54 Å². The van der Waals surface area contributed by atoms with Crippen LogP contribution >= 0.6 is 0 Å². The van der Waals surface area contributed by atoms with E-state index in [0.29, 0.717) is 13.0 Å². The lowest BCUT2D eigenvalue weighted by Gasteiger charge is -2.37. The van der Waals surface area contributed by atoms with Gasteiger partial charge in [0.25, 0.3) is 0 Å². The average molecular weight is 214 g/mol. The molecule has 1 amide bonds. The first-order chi connectivity index (χ1) is 6.90. The highest BCUT2D eigenvalue weighted by Gasteiger charge is 2.40. The molecule has 1 aliphatic rings. The quantitative estimate of drug-likeness (QED) is 0.620. The fraction of sp³-hybridized carbons (Fsp3) is 0.909. The first-order valence-electron chi connectivity index (χ1n) is 5.58. The third kappa shape index (κ3) is 3.18. The number of rotatable bonds is 5. The first-order valence-corrected chi connectivity index (χ1v) is 5.58. The summed E-state index contributed by atoms with van der Waals surface area (Å²) < 4.78 is 0. The molecule has 0 bridgehead atoms. The van der Waals surface area contributed by atoms with Gasteiger partial charge in [-0.3, -0.25) is 4.79 Å². The maximum atomic E-state index is 11.7. The molecule has 1 fully saturated rings. The molecular formula is C11H22N2O2. The van der Waals surface area contributed by atoms with Crippen LogP contribution in [0, 0.1) is 5.41 Å². The van der Waals surface area contributed by atoms with Gasteiger partial charge in [0, 0.05) is 13.2 Å². The molecule has 0 aromatic carbocycles. The van der Waals surface area contributed by atoms with Crippen LogP contribution in [-0.4, -0.2) is 29.7 Å². The van der Waals surface area contributed by atoms with Crippen LogP contribution in [0.5, 0.6) is 0 Å². The standard InChI is InChI=1S/C11H22N2O2/c1-10(2,6-7-14)8-13-9(15)11(12)4-3-5-11/h14H,3-8,12H2,1-2H3,(H,13,15). The van der Waals surface area contributed by atoms with Crippen molar-refractivity contribution in [1.29, 1.82) is 0 Å². The molecular weight excluding hydrogens is 192 g/mol. The molecule has 0 spiro atoms. The van der Waals surface area contributed by atoms with Gasteiger partial charge in [-0.05, 0) is 31.1 Å². The lowest BCUT2D eigenvalue weighted by atomic mass is 9.77. The number of aliphatic hydroxyl groups excluding tert-OH is 1. The van der Waals surface area contributed by atoms with Crippen LogP contribution in [0.3, 0.4) is 0 Å². The molecule has 15 heavy (non-hydrogen) atoms. The molecule has 0 unspecified atom stereocenters. The van der Waals surface area contributed by atoms with Crippen molar-refractivity contribution in [3.63, 3.8) is 0 Å². The van der Waals surface area contributed by atoms with Crippen LogP contribution in [0.4, 0.5) is 0 Å². The number of amides is 1. The van der Waals surface area contributed by atoms with Gasteiger partial charge in [0.1, 0.15) is 0 Å². The summed E-state index contributed by atoms with van der Waals surface area (Å²) in [5, 5.41) is 11.7. The monoisotopic (exact) mass is 214 g/mol. The van der Waals surface area contributed by atoms with Crippen molar-refractivity contribution >= 4 is 5.91 Å². The number of nitrogens with one attached hydrogen (secondary N) is 1. The SMILES string of the molecule is CC(C)(CCO)CNC(=O)C1(N)CCC1. The van der Waals surface area contributed by atoms with Gasteiger partial charge >= 0.3 is 0 Å². The van der Waals surface area contributed by atoms with E-state index >= 15 is 0 Å². The van der Waals surface area contributed by atoms with E-state index in [0.717, 1.165) is 19.3 Å². The summed E-state index contributed by atoms with van der Waals surface area (Å²) in [5.41, 5.74) is 5.21. The molecule has 0 aliphatic heterocycles. The maximum absolute atomic E-state index is 11.7. The number of hydrogen-bond acceptors (Lipinski definition) is 3. The second-order valence-electron chi connectivity index (χ2n) is 5.33. The Morgan fingerprint density at radius 2 is 2.13 bits per heavy atom. The van der Waals surface area contributed by atoms with Crippen molar-refractivity contribution in [2.75, 3.05) is 13.2 Å². The van der Waals surface area contributed by atoms with E-state index in [-0.39, 0.29) is 17.9 Å². The lowest BCUT2D eigenvalue weighted by Crippen LogP contribution is -2.59. The molecule has 0 atom stereocenters. The van der Waals surface area contributed by atoms with Crippen molar-refractivity contribution in [2.45, 2.75) is 45.1 Å². The Labute approximate surface area is 91.2 Å². The molecule has 1 saturated carbocycles. The van der Waals surface area contributed by atoms with Crippen molar-refractivity contribution in [2.24, 2.45) is 11.1 Å². The normalized spacial score (nSPS) is 19.5. The minimum atomic E-state index is -0.616. The molecule has 1 rings (SSSR count). The Bertz CT molecular complexity index is 235. The number of nitrogens with two attached hydrogens (primary N) is 1. The van der Waals surface area contributed by atoms with E-state index in [1.54, 1.807) is 0 Å². The smallest absolute Gasteiger partial charge is 0.240 e. The average Bonchev–Trinajstić information content (AvgIpc) is 2.10. The molecule has 4 nitrogen and oxygen atoms in total. The lowest BCUT2D eigenvalue weighted by molar-refractivity contribution is -0.129. The molecule has 0 heterocycles. The van der Waals surface area contributed by atoms with Crippen molar-refractivity contribution in [3.8, 4) is 0 Å². The summed E-state index contributed by atoms with van der Waals surface area (Å²) in [6.07, 6.45) is 3.31. The van der Waals surface area contributed by atoms with Crippen molar-refractivity contribution in [1.82, 2.24) is 5.32 Å². The van der Waals surface area contributed by atoms with E-state index in [4.69, 9.17) is 10.8 Å². The van der Waals surface area contributed by atoms with Gasteiger partial charge in [0.2, 0.25) is 5.91 Å². The number of aliphatic hydroxyl groups is 1. The summed E-state index contributed by atoms with van der Waals surface area (Å²) in [7, 11) is 0. The fourth-order valence-electron chi connectivity index (χ4n) is 1.67.